The van der Waals surface area contributed by atoms with Gasteiger partial charge in [0.2, 0.25) is 11.8 Å². The lowest BCUT2D eigenvalue weighted by molar-refractivity contribution is -0.137. The van der Waals surface area contributed by atoms with Crippen molar-refractivity contribution in [2.24, 2.45) is 5.41 Å². The summed E-state index contributed by atoms with van der Waals surface area (Å²) >= 11 is 1.03. The molecule has 0 saturated carbocycles. The molecule has 1 saturated heterocycles. The molecular weight excluding hydrogens is 771 g/mol. The first-order valence-corrected chi connectivity index (χ1v) is 20.0. The summed E-state index contributed by atoms with van der Waals surface area (Å²) in [5, 5.41) is 26.1. The first-order valence-electron chi connectivity index (χ1n) is 14.5. The number of aromatic nitrogens is 4. The molecule has 1 aliphatic heterocycles. The van der Waals surface area contributed by atoms with Crippen molar-refractivity contribution in [3.05, 3.63) is 12.7 Å². The minimum atomic E-state index is -5.56. The number of phosphoric ester groups is 3. The lowest BCUT2D eigenvalue weighted by atomic mass is 9.87. The first-order chi connectivity index (χ1) is 23.5. The minimum absolute atomic E-state index is 0.0310. The van der Waals surface area contributed by atoms with Crippen LogP contribution in [-0.2, 0) is 50.7 Å². The van der Waals surface area contributed by atoms with Gasteiger partial charge in [0, 0.05) is 37.6 Å². The highest BCUT2D eigenvalue weighted by atomic mass is 32.2. The summed E-state index contributed by atoms with van der Waals surface area (Å²) in [5.74, 6) is -1.08. The normalized spacial score (nSPS) is 22.6. The van der Waals surface area contributed by atoms with Gasteiger partial charge in [-0.2, -0.15) is 4.31 Å². The molecule has 0 radical (unpaired) electrons. The zero-order valence-corrected chi connectivity index (χ0v) is 30.6. The second-order valence-electron chi connectivity index (χ2n) is 11.4. The number of phosphoric acid groups is 3. The Morgan fingerprint density at radius 3 is 2.39 bits per heavy atom. The van der Waals surface area contributed by atoms with Gasteiger partial charge in [-0.15, -0.1) is 0 Å². The molecular formula is C23H38N7O17P3S. The van der Waals surface area contributed by atoms with Gasteiger partial charge >= 0.3 is 23.5 Å². The molecule has 10 N–H and O–H groups in total. The van der Waals surface area contributed by atoms with E-state index in [1.54, 1.807) is 0 Å². The highest BCUT2D eigenvalue weighted by Gasteiger charge is 2.50. The molecule has 3 heterocycles. The average Bonchev–Trinajstić information content (AvgIpc) is 3.57. The number of nitrogen functional groups attached to an aromatic ring is 1. The fourth-order valence-corrected chi connectivity index (χ4v) is 7.65. The van der Waals surface area contributed by atoms with Crippen molar-refractivity contribution in [2.45, 2.75) is 57.8 Å². The molecule has 0 aromatic carbocycles. The number of rotatable bonds is 19. The minimum Gasteiger partial charge on any atom is -0.386 e. The number of fused-ring (bicyclic) bond motifs is 1. The Morgan fingerprint density at radius 2 is 1.75 bits per heavy atom. The van der Waals surface area contributed by atoms with E-state index in [-0.39, 0.29) is 41.6 Å². The maximum Gasteiger partial charge on any atom is 0.481 e. The molecule has 288 valence electrons. The number of nitrogens with one attached hydrogen (secondary N) is 2. The molecule has 1 aliphatic rings. The number of carbonyl (C=O) groups is 3. The third-order valence-electron chi connectivity index (χ3n) is 6.81. The number of anilines is 1. The summed E-state index contributed by atoms with van der Waals surface area (Å²) in [5.41, 5.74) is 4.26. The Hall–Kier alpha value is -2.44. The largest absolute Gasteiger partial charge is 0.481 e. The van der Waals surface area contributed by atoms with Crippen molar-refractivity contribution in [1.82, 2.24) is 30.2 Å². The van der Waals surface area contributed by atoms with Crippen LogP contribution in [-0.4, -0.2) is 123 Å². The summed E-state index contributed by atoms with van der Waals surface area (Å²) in [7, 11) is -16.4. The van der Waals surface area contributed by atoms with E-state index in [1.165, 1.54) is 20.8 Å². The van der Waals surface area contributed by atoms with E-state index >= 15 is 0 Å². The second kappa shape index (κ2) is 17.6. The number of hydrogen-bond donors (Lipinski definition) is 9. The summed E-state index contributed by atoms with van der Waals surface area (Å²) in [6.07, 6.45) is -6.88. The number of ether oxygens (including phenoxy) is 1. The van der Waals surface area contributed by atoms with Gasteiger partial charge in [-0.25, -0.2) is 28.6 Å². The molecule has 2 aromatic rings. The average molecular weight is 810 g/mol. The number of aliphatic hydroxyl groups excluding tert-OH is 2. The van der Waals surface area contributed by atoms with Crippen LogP contribution >= 0.6 is 35.2 Å². The van der Waals surface area contributed by atoms with Crippen LogP contribution in [0.15, 0.2) is 12.7 Å². The smallest absolute Gasteiger partial charge is 0.386 e. The third-order valence-corrected chi connectivity index (χ3v) is 10.7. The Labute approximate surface area is 293 Å². The zero-order chi connectivity index (χ0) is 38.4. The number of carbonyl (C=O) groups excluding carboxylic acids is 3. The van der Waals surface area contributed by atoms with Crippen molar-refractivity contribution in [3.63, 3.8) is 0 Å². The monoisotopic (exact) mass is 809 g/mol. The van der Waals surface area contributed by atoms with E-state index in [9.17, 15) is 57.9 Å². The van der Waals surface area contributed by atoms with Gasteiger partial charge in [0.15, 0.2) is 22.8 Å². The zero-order valence-electron chi connectivity index (χ0n) is 27.1. The fourth-order valence-electron chi connectivity index (χ4n) is 4.32. The Morgan fingerprint density at radius 1 is 1.08 bits per heavy atom. The van der Waals surface area contributed by atoms with E-state index in [0.29, 0.717) is 5.75 Å². The van der Waals surface area contributed by atoms with Crippen molar-refractivity contribution in [2.75, 3.05) is 37.8 Å². The van der Waals surface area contributed by atoms with Gasteiger partial charge in [0.1, 0.15) is 36.3 Å². The highest BCUT2D eigenvalue weighted by Crippen LogP contribution is 2.61. The van der Waals surface area contributed by atoms with Crippen LogP contribution in [0.25, 0.3) is 11.2 Å². The van der Waals surface area contributed by atoms with E-state index in [4.69, 9.17) is 19.5 Å². The second-order valence-corrected chi connectivity index (χ2v) is 16.9. The molecule has 24 nitrogen and oxygen atoms in total. The standard InChI is InChI=1S/C23H38N7O17P3S/c1-12(31)51-7-6-25-14(32)4-5-26-21(35)18(34)23(2,3)9-44-50(41,42)47-49(39,40)43-8-13-17(46-48(36,37)38)16(33)22(45-13)30-11-29-15-19(24)27-10-28-20(15)30/h10-11,13,16-18,22,33-34H,4-9H2,1-3H3,(H,25,32)(H,26,35)(H,39,40)(H,41,42)(H2,24,27,28)(H2,36,37,38)/t13-,16-,17+,18+,22-/m1/s1. The summed E-state index contributed by atoms with van der Waals surface area (Å²) in [6, 6.07) is 0. The number of nitrogens with zero attached hydrogens (tertiary/aromatic N) is 4. The SMILES string of the molecule is CC(=O)SCCNC(=O)CCNC(=O)[C@H](O)C(C)(C)COP(=O)(O)OP(=O)(O)OC[C@H]1O[C@@H](n2cnc3c(N)ncnc32)[C@H](O)[C@H]1OP(=O)(O)O. The molecule has 51 heavy (non-hydrogen) atoms. The van der Waals surface area contributed by atoms with Crippen LogP contribution < -0.4 is 16.4 Å². The van der Waals surface area contributed by atoms with Gasteiger partial charge in [-0.05, 0) is 0 Å². The molecule has 3 rings (SSSR count). The third kappa shape index (κ3) is 12.9. The Balaban J connectivity index is 1.55. The van der Waals surface area contributed by atoms with Crippen LogP contribution in [0.2, 0.25) is 0 Å². The Kier molecular flexibility index (Phi) is 14.8. The number of imidazole rings is 1. The highest BCUT2D eigenvalue weighted by molar-refractivity contribution is 8.13. The van der Waals surface area contributed by atoms with E-state index in [1.807, 2.05) is 0 Å². The maximum absolute atomic E-state index is 12.6. The molecule has 28 heteroatoms. The van der Waals surface area contributed by atoms with Crippen molar-refractivity contribution >= 4 is 69.1 Å². The maximum atomic E-state index is 12.6. The number of nitrogens with two attached hydrogens (primary N) is 1. The topological polar surface area (TPSA) is 364 Å². The first kappa shape index (κ1) is 43.0. The van der Waals surface area contributed by atoms with Gasteiger partial charge in [-0.1, -0.05) is 25.6 Å². The summed E-state index contributed by atoms with van der Waals surface area (Å²) < 4.78 is 61.8. The van der Waals surface area contributed by atoms with E-state index in [2.05, 4.69) is 34.4 Å². The summed E-state index contributed by atoms with van der Waals surface area (Å²) in [6.45, 7) is 1.90. The van der Waals surface area contributed by atoms with Gasteiger partial charge in [0.25, 0.3) is 0 Å². The van der Waals surface area contributed by atoms with Crippen molar-refractivity contribution in [3.8, 4) is 0 Å². The van der Waals surface area contributed by atoms with Crippen LogP contribution in [0.1, 0.15) is 33.4 Å². The van der Waals surface area contributed by atoms with Gasteiger partial charge in [-0.3, -0.25) is 32.5 Å². The number of amides is 2. The lowest BCUT2D eigenvalue weighted by Gasteiger charge is -2.30. The van der Waals surface area contributed by atoms with Crippen LogP contribution in [0.5, 0.6) is 0 Å². The Bertz CT molecular complexity index is 1710. The molecule has 0 aliphatic carbocycles. The van der Waals surface area contributed by atoms with E-state index < -0.39 is 84.6 Å². The van der Waals surface area contributed by atoms with Crippen LogP contribution in [0.4, 0.5) is 5.82 Å². The van der Waals surface area contributed by atoms with Crippen LogP contribution in [0, 0.1) is 5.41 Å². The number of thioether (sulfide) groups is 1. The number of aliphatic hydroxyl groups is 2. The van der Waals surface area contributed by atoms with E-state index in [0.717, 1.165) is 29.0 Å². The van der Waals surface area contributed by atoms with Crippen molar-refractivity contribution in [1.29, 1.82) is 0 Å². The quantitative estimate of drug-likeness (QED) is 0.0587. The summed E-state index contributed by atoms with van der Waals surface area (Å²) in [4.78, 5) is 85.9. The van der Waals surface area contributed by atoms with Crippen molar-refractivity contribution < 1.29 is 80.5 Å². The molecule has 0 bridgehead atoms. The van der Waals surface area contributed by atoms with Gasteiger partial charge in [0.05, 0.1) is 19.5 Å². The molecule has 2 unspecified atom stereocenters. The molecule has 0 spiro atoms. The predicted molar refractivity (Wildman–Crippen MR) is 173 cm³/mol. The lowest BCUT2D eigenvalue weighted by Crippen LogP contribution is -2.46. The molecule has 1 fully saturated rings. The van der Waals surface area contributed by atoms with Crippen LogP contribution in [0.3, 0.4) is 0 Å². The molecule has 2 amide bonds. The fraction of sp³-hybridized carbons (Fsp3) is 0.652. The van der Waals surface area contributed by atoms with Gasteiger partial charge < -0.3 is 50.9 Å². The number of hydrogen-bond acceptors (Lipinski definition) is 18. The molecule has 7 atom stereocenters. The predicted octanol–water partition coefficient (Wildman–Crippen LogP) is -1.32. The molecule has 2 aromatic heterocycles.